The summed E-state index contributed by atoms with van der Waals surface area (Å²) in [5.41, 5.74) is 5.94. The van der Waals surface area contributed by atoms with Crippen LogP contribution >= 0.6 is 0 Å². The Morgan fingerprint density at radius 2 is 1.74 bits per heavy atom. The lowest BCUT2D eigenvalue weighted by molar-refractivity contribution is 0.296. The Morgan fingerprint density at radius 1 is 1.09 bits per heavy atom. The number of anilines is 2. The Kier molecular flexibility index (Phi) is 6.10. The Balaban J connectivity index is 2.13. The summed E-state index contributed by atoms with van der Waals surface area (Å²) >= 11 is 0. The van der Waals surface area contributed by atoms with Gasteiger partial charge in [-0.25, -0.2) is 0 Å². The molecule has 2 rings (SSSR count). The van der Waals surface area contributed by atoms with E-state index in [9.17, 15) is 5.21 Å². The highest BCUT2D eigenvalue weighted by Gasteiger charge is 2.04. The predicted molar refractivity (Wildman–Crippen MR) is 93.8 cm³/mol. The van der Waals surface area contributed by atoms with E-state index in [0.717, 1.165) is 29.9 Å². The molecule has 0 heterocycles. The van der Waals surface area contributed by atoms with E-state index >= 15 is 0 Å². The molecule has 0 aromatic heterocycles. The quantitative estimate of drug-likeness (QED) is 0.607. The van der Waals surface area contributed by atoms with Crippen molar-refractivity contribution >= 4 is 17.1 Å². The molecule has 0 saturated heterocycles. The van der Waals surface area contributed by atoms with Crippen molar-refractivity contribution in [2.45, 2.75) is 6.42 Å². The molecule has 0 spiro atoms. The Morgan fingerprint density at radius 3 is 2.30 bits per heavy atom. The molecule has 0 unspecified atom stereocenters. The first-order valence-electron chi connectivity index (χ1n) is 7.35. The SMILES string of the molecule is CN(C)CC/C(=N\Nc1ccc(N([O-])O)cc1)c1ccccc1. The average Bonchev–Trinajstić information content (AvgIpc) is 2.56. The molecule has 0 atom stereocenters. The van der Waals surface area contributed by atoms with Crippen LogP contribution in [0.5, 0.6) is 0 Å². The van der Waals surface area contributed by atoms with Gasteiger partial charge in [-0.05, 0) is 43.9 Å². The van der Waals surface area contributed by atoms with Crippen LogP contribution in [0.25, 0.3) is 0 Å². The van der Waals surface area contributed by atoms with Gasteiger partial charge in [0.25, 0.3) is 0 Å². The minimum Gasteiger partial charge on any atom is -0.733 e. The van der Waals surface area contributed by atoms with E-state index in [1.807, 2.05) is 44.4 Å². The minimum absolute atomic E-state index is 0.167. The highest BCUT2D eigenvalue weighted by Crippen LogP contribution is 2.16. The van der Waals surface area contributed by atoms with Gasteiger partial charge in [-0.3, -0.25) is 10.6 Å². The number of hydrazone groups is 1. The lowest BCUT2D eigenvalue weighted by atomic mass is 10.1. The fraction of sp³-hybridized carbons (Fsp3) is 0.235. The molecule has 0 saturated carbocycles. The molecule has 122 valence electrons. The van der Waals surface area contributed by atoms with E-state index < -0.39 is 0 Å². The molecular formula is C17H21N4O2-. The predicted octanol–water partition coefficient (Wildman–Crippen LogP) is 3.15. The molecule has 23 heavy (non-hydrogen) atoms. The molecule has 0 fully saturated rings. The van der Waals surface area contributed by atoms with Crippen LogP contribution in [0.4, 0.5) is 11.4 Å². The number of rotatable bonds is 7. The van der Waals surface area contributed by atoms with Crippen molar-refractivity contribution < 1.29 is 5.21 Å². The largest absolute Gasteiger partial charge is 0.733 e. The second-order valence-electron chi connectivity index (χ2n) is 5.41. The van der Waals surface area contributed by atoms with Crippen LogP contribution in [0, 0.1) is 5.21 Å². The van der Waals surface area contributed by atoms with Gasteiger partial charge in [-0.2, -0.15) is 5.10 Å². The van der Waals surface area contributed by atoms with E-state index in [-0.39, 0.29) is 10.9 Å². The van der Waals surface area contributed by atoms with Crippen LogP contribution in [0.1, 0.15) is 12.0 Å². The maximum absolute atomic E-state index is 10.8. The third kappa shape index (κ3) is 5.37. The molecule has 0 aliphatic rings. The Bertz CT molecular complexity index is 625. The summed E-state index contributed by atoms with van der Waals surface area (Å²) < 4.78 is 0. The molecule has 2 N–H and O–H groups in total. The molecular weight excluding hydrogens is 292 g/mol. The van der Waals surface area contributed by atoms with Crippen molar-refractivity contribution in [3.8, 4) is 0 Å². The Hall–Kier alpha value is -2.41. The fourth-order valence-electron chi connectivity index (χ4n) is 2.02. The topological polar surface area (TPSA) is 74.2 Å². The zero-order chi connectivity index (χ0) is 16.7. The second kappa shape index (κ2) is 8.28. The summed E-state index contributed by atoms with van der Waals surface area (Å²) in [7, 11) is 4.05. The molecule has 0 amide bonds. The molecule has 2 aromatic carbocycles. The van der Waals surface area contributed by atoms with Crippen LogP contribution in [0.15, 0.2) is 59.7 Å². The minimum atomic E-state index is -0.167. The van der Waals surface area contributed by atoms with Gasteiger partial charge in [0.2, 0.25) is 0 Å². The van der Waals surface area contributed by atoms with Crippen molar-refractivity contribution in [3.63, 3.8) is 0 Å². The maximum atomic E-state index is 10.8. The van der Waals surface area contributed by atoms with Crippen molar-refractivity contribution in [2.75, 3.05) is 31.3 Å². The van der Waals surface area contributed by atoms with E-state index in [1.165, 1.54) is 12.1 Å². The fourth-order valence-corrected chi connectivity index (χ4v) is 2.02. The van der Waals surface area contributed by atoms with Crippen molar-refractivity contribution in [1.29, 1.82) is 0 Å². The van der Waals surface area contributed by atoms with Gasteiger partial charge in [0.05, 0.1) is 17.1 Å². The van der Waals surface area contributed by atoms with Gasteiger partial charge in [-0.15, -0.1) is 0 Å². The second-order valence-corrected chi connectivity index (χ2v) is 5.41. The lowest BCUT2D eigenvalue weighted by Crippen LogP contribution is -2.18. The van der Waals surface area contributed by atoms with Crippen molar-refractivity contribution in [1.82, 2.24) is 4.90 Å². The van der Waals surface area contributed by atoms with E-state index in [0.29, 0.717) is 0 Å². The number of nitrogens with zero attached hydrogens (tertiary/aromatic N) is 3. The summed E-state index contributed by atoms with van der Waals surface area (Å²) in [6.45, 7) is 0.893. The van der Waals surface area contributed by atoms with Crippen LogP contribution < -0.4 is 10.7 Å². The average molecular weight is 313 g/mol. The zero-order valence-electron chi connectivity index (χ0n) is 13.3. The summed E-state index contributed by atoms with van der Waals surface area (Å²) in [4.78, 5) is 2.11. The molecule has 0 radical (unpaired) electrons. The number of nitrogens with one attached hydrogen (secondary N) is 1. The highest BCUT2D eigenvalue weighted by molar-refractivity contribution is 6.01. The monoisotopic (exact) mass is 313 g/mol. The third-order valence-corrected chi connectivity index (χ3v) is 3.31. The highest BCUT2D eigenvalue weighted by atomic mass is 16.8. The Labute approximate surface area is 136 Å². The molecule has 2 aromatic rings. The van der Waals surface area contributed by atoms with Crippen molar-refractivity contribution in [3.05, 3.63) is 65.4 Å². The molecule has 0 aliphatic heterocycles. The first-order chi connectivity index (χ1) is 11.1. The van der Waals surface area contributed by atoms with Gasteiger partial charge >= 0.3 is 0 Å². The summed E-state index contributed by atoms with van der Waals surface area (Å²) in [5, 5.41) is 23.9. The summed E-state index contributed by atoms with van der Waals surface area (Å²) in [6.07, 6.45) is 0.813. The molecule has 0 bridgehead atoms. The van der Waals surface area contributed by atoms with Gasteiger partial charge in [0.1, 0.15) is 0 Å². The van der Waals surface area contributed by atoms with E-state index in [2.05, 4.69) is 15.4 Å². The maximum Gasteiger partial charge on any atom is 0.0692 e. The summed E-state index contributed by atoms with van der Waals surface area (Å²) in [6, 6.07) is 16.4. The van der Waals surface area contributed by atoms with Gasteiger partial charge in [0, 0.05) is 13.0 Å². The summed E-state index contributed by atoms with van der Waals surface area (Å²) in [5.74, 6) is 0. The third-order valence-electron chi connectivity index (χ3n) is 3.31. The van der Waals surface area contributed by atoms with Crippen LogP contribution in [-0.2, 0) is 0 Å². The van der Waals surface area contributed by atoms with Gasteiger partial charge in [0.15, 0.2) is 0 Å². The van der Waals surface area contributed by atoms with Crippen molar-refractivity contribution in [2.24, 2.45) is 5.10 Å². The first kappa shape index (κ1) is 17.0. The van der Waals surface area contributed by atoms with Gasteiger partial charge < -0.3 is 15.3 Å². The molecule has 6 heteroatoms. The number of hydrogen-bond donors (Lipinski definition) is 2. The van der Waals surface area contributed by atoms with Crippen LogP contribution in [0.2, 0.25) is 0 Å². The zero-order valence-corrected chi connectivity index (χ0v) is 13.3. The lowest BCUT2D eigenvalue weighted by Gasteiger charge is -2.21. The standard InChI is InChI=1S/C17H21N4O2/c1-20(2)13-12-17(14-6-4-3-5-7-14)19-18-15-8-10-16(11-9-15)21(22)23/h3-11,18,22H,12-13H2,1-2H3/q-1/b19-17+. The van der Waals surface area contributed by atoms with E-state index in [1.54, 1.807) is 12.1 Å². The van der Waals surface area contributed by atoms with Crippen LogP contribution in [-0.4, -0.2) is 36.5 Å². The number of benzene rings is 2. The van der Waals surface area contributed by atoms with E-state index in [4.69, 9.17) is 5.21 Å². The molecule has 6 nitrogen and oxygen atoms in total. The first-order valence-corrected chi connectivity index (χ1v) is 7.35. The smallest absolute Gasteiger partial charge is 0.0692 e. The normalized spacial score (nSPS) is 11.6. The van der Waals surface area contributed by atoms with Gasteiger partial charge in [-0.1, -0.05) is 30.3 Å². The van der Waals surface area contributed by atoms with Crippen LogP contribution in [0.3, 0.4) is 0 Å². The molecule has 0 aliphatic carbocycles. The number of hydrogen-bond acceptors (Lipinski definition) is 6.